The molecular formula is C13H20N4O4. The Morgan fingerprint density at radius 1 is 1.52 bits per heavy atom. The van der Waals surface area contributed by atoms with E-state index in [1.54, 1.807) is 6.92 Å². The molecule has 1 rings (SSSR count). The molecule has 0 aliphatic rings. The van der Waals surface area contributed by atoms with Crippen LogP contribution in [0.2, 0.25) is 0 Å². The van der Waals surface area contributed by atoms with Gasteiger partial charge in [0.2, 0.25) is 0 Å². The molecule has 2 N–H and O–H groups in total. The van der Waals surface area contributed by atoms with Crippen LogP contribution in [0.15, 0.2) is 12.3 Å². The van der Waals surface area contributed by atoms with Crippen LogP contribution in [0.5, 0.6) is 0 Å². The summed E-state index contributed by atoms with van der Waals surface area (Å²) in [5.41, 5.74) is -0.0753. The van der Waals surface area contributed by atoms with Crippen LogP contribution in [0.25, 0.3) is 0 Å². The number of aromatic nitrogens is 1. The third-order valence-electron chi connectivity index (χ3n) is 2.62. The number of carbonyl (C=O) groups is 1. The maximum atomic E-state index is 12.2. The minimum absolute atomic E-state index is 0.148. The fourth-order valence-corrected chi connectivity index (χ4v) is 1.67. The van der Waals surface area contributed by atoms with Crippen LogP contribution in [-0.4, -0.2) is 41.6 Å². The van der Waals surface area contributed by atoms with Gasteiger partial charge in [-0.3, -0.25) is 14.9 Å². The van der Waals surface area contributed by atoms with Crippen molar-refractivity contribution in [3.05, 3.63) is 27.9 Å². The molecule has 1 amide bonds. The summed E-state index contributed by atoms with van der Waals surface area (Å²) in [6.07, 6.45) is 1.12. The lowest BCUT2D eigenvalue weighted by Crippen LogP contribution is -2.36. The largest absolute Gasteiger partial charge is 0.380 e. The monoisotopic (exact) mass is 296 g/mol. The maximum absolute atomic E-state index is 12.2. The van der Waals surface area contributed by atoms with E-state index < -0.39 is 10.8 Å². The molecule has 0 aliphatic carbocycles. The molecule has 0 saturated carbocycles. The van der Waals surface area contributed by atoms with Gasteiger partial charge in [-0.25, -0.2) is 4.98 Å². The average Bonchev–Trinajstić information content (AvgIpc) is 2.45. The molecule has 21 heavy (non-hydrogen) atoms. The molecule has 0 aromatic carbocycles. The minimum atomic E-state index is -0.580. The van der Waals surface area contributed by atoms with Crippen LogP contribution < -0.4 is 10.6 Å². The van der Waals surface area contributed by atoms with Crippen LogP contribution in [0.3, 0.4) is 0 Å². The van der Waals surface area contributed by atoms with Gasteiger partial charge in [0.15, 0.2) is 0 Å². The second-order valence-corrected chi connectivity index (χ2v) is 4.41. The highest BCUT2D eigenvalue weighted by Crippen LogP contribution is 2.19. The van der Waals surface area contributed by atoms with Gasteiger partial charge in [-0.05, 0) is 20.8 Å². The molecule has 8 heteroatoms. The molecule has 1 atom stereocenters. The lowest BCUT2D eigenvalue weighted by Gasteiger charge is -2.15. The number of carbonyl (C=O) groups excluding carboxylic acids is 1. The summed E-state index contributed by atoms with van der Waals surface area (Å²) < 4.78 is 5.22. The van der Waals surface area contributed by atoms with Gasteiger partial charge in [0.25, 0.3) is 11.6 Å². The fourth-order valence-electron chi connectivity index (χ4n) is 1.67. The van der Waals surface area contributed by atoms with E-state index in [0.29, 0.717) is 25.6 Å². The van der Waals surface area contributed by atoms with Crippen molar-refractivity contribution in [2.75, 3.05) is 25.1 Å². The minimum Gasteiger partial charge on any atom is -0.380 e. The third-order valence-corrected chi connectivity index (χ3v) is 2.62. The van der Waals surface area contributed by atoms with E-state index in [2.05, 4.69) is 15.6 Å². The number of rotatable bonds is 8. The molecule has 0 spiro atoms. The summed E-state index contributed by atoms with van der Waals surface area (Å²) in [6, 6.07) is 1.01. The van der Waals surface area contributed by atoms with E-state index in [-0.39, 0.29) is 17.3 Å². The Hall–Kier alpha value is -2.22. The van der Waals surface area contributed by atoms with Crippen molar-refractivity contribution in [2.45, 2.75) is 26.8 Å². The predicted molar refractivity (Wildman–Crippen MR) is 78.5 cm³/mol. The first-order valence-corrected chi connectivity index (χ1v) is 6.76. The average molecular weight is 296 g/mol. The highest BCUT2D eigenvalue weighted by atomic mass is 16.6. The molecule has 8 nitrogen and oxygen atoms in total. The first-order valence-electron chi connectivity index (χ1n) is 6.76. The highest BCUT2D eigenvalue weighted by molar-refractivity contribution is 5.99. The van der Waals surface area contributed by atoms with E-state index in [1.807, 2.05) is 13.8 Å². The number of nitrogens with zero attached hydrogens (tertiary/aromatic N) is 2. The second-order valence-electron chi connectivity index (χ2n) is 4.41. The van der Waals surface area contributed by atoms with Crippen molar-refractivity contribution in [1.82, 2.24) is 10.3 Å². The van der Waals surface area contributed by atoms with E-state index in [1.165, 1.54) is 6.07 Å². The first kappa shape index (κ1) is 16.8. The van der Waals surface area contributed by atoms with Crippen molar-refractivity contribution in [2.24, 2.45) is 0 Å². The Kier molecular flexibility index (Phi) is 6.54. The van der Waals surface area contributed by atoms with Crippen LogP contribution in [0, 0.1) is 10.1 Å². The Bertz CT molecular complexity index is 507. The number of ether oxygens (including phenoxy) is 1. The van der Waals surface area contributed by atoms with Gasteiger partial charge in [-0.2, -0.15) is 0 Å². The Labute approximate surface area is 123 Å². The van der Waals surface area contributed by atoms with E-state index >= 15 is 0 Å². The molecule has 1 unspecified atom stereocenters. The zero-order valence-corrected chi connectivity index (χ0v) is 12.4. The fraction of sp³-hybridized carbons (Fsp3) is 0.538. The molecule has 0 radical (unpaired) electrons. The van der Waals surface area contributed by atoms with Crippen molar-refractivity contribution >= 4 is 17.4 Å². The molecule has 1 heterocycles. The lowest BCUT2D eigenvalue weighted by molar-refractivity contribution is -0.385. The van der Waals surface area contributed by atoms with Crippen LogP contribution >= 0.6 is 0 Å². The van der Waals surface area contributed by atoms with E-state index in [9.17, 15) is 14.9 Å². The topological polar surface area (TPSA) is 106 Å². The molecule has 116 valence electrons. The number of amides is 1. The van der Waals surface area contributed by atoms with Gasteiger partial charge in [0.1, 0.15) is 12.0 Å². The zero-order chi connectivity index (χ0) is 15.8. The summed E-state index contributed by atoms with van der Waals surface area (Å²) in [5.74, 6) is -0.0986. The molecule has 1 aromatic heterocycles. The van der Waals surface area contributed by atoms with Gasteiger partial charge in [0, 0.05) is 25.3 Å². The van der Waals surface area contributed by atoms with Gasteiger partial charge < -0.3 is 15.4 Å². The van der Waals surface area contributed by atoms with E-state index in [4.69, 9.17) is 4.74 Å². The lowest BCUT2D eigenvalue weighted by atomic mass is 10.2. The van der Waals surface area contributed by atoms with Crippen LogP contribution in [0.1, 0.15) is 31.1 Å². The van der Waals surface area contributed by atoms with Gasteiger partial charge >= 0.3 is 0 Å². The molecule has 0 saturated heterocycles. The van der Waals surface area contributed by atoms with Crippen molar-refractivity contribution in [3.63, 3.8) is 0 Å². The zero-order valence-electron chi connectivity index (χ0n) is 12.4. The van der Waals surface area contributed by atoms with Crippen LogP contribution in [-0.2, 0) is 4.74 Å². The summed E-state index contributed by atoms with van der Waals surface area (Å²) in [7, 11) is 0. The van der Waals surface area contributed by atoms with E-state index in [0.717, 1.165) is 6.20 Å². The number of nitrogens with one attached hydrogen (secondary N) is 2. The van der Waals surface area contributed by atoms with Crippen molar-refractivity contribution < 1.29 is 14.5 Å². The Morgan fingerprint density at radius 2 is 2.24 bits per heavy atom. The molecule has 0 aliphatic heterocycles. The Morgan fingerprint density at radius 3 is 2.81 bits per heavy atom. The summed E-state index contributed by atoms with van der Waals surface area (Å²) >= 11 is 0. The van der Waals surface area contributed by atoms with Gasteiger partial charge in [0.05, 0.1) is 17.1 Å². The number of nitro groups is 1. The standard InChI is InChI=1S/C13H20N4O4/c1-4-14-12-11(6-10(7-15-12)17(19)20)13(18)16-9(3)8-21-5-2/h6-7,9H,4-5,8H2,1-3H3,(H,14,15)(H,16,18). The quantitative estimate of drug-likeness (QED) is 0.557. The third kappa shape index (κ3) is 4.99. The number of hydrogen-bond donors (Lipinski definition) is 2. The normalized spacial score (nSPS) is 11.8. The molecule has 0 bridgehead atoms. The van der Waals surface area contributed by atoms with Gasteiger partial charge in [-0.1, -0.05) is 0 Å². The highest BCUT2D eigenvalue weighted by Gasteiger charge is 2.19. The number of hydrogen-bond acceptors (Lipinski definition) is 6. The molecule has 1 aromatic rings. The molecule has 0 fully saturated rings. The van der Waals surface area contributed by atoms with Gasteiger partial charge in [-0.15, -0.1) is 0 Å². The number of anilines is 1. The Balaban J connectivity index is 2.93. The van der Waals surface area contributed by atoms with Crippen LogP contribution in [0.4, 0.5) is 11.5 Å². The van der Waals surface area contributed by atoms with Crippen molar-refractivity contribution in [1.29, 1.82) is 0 Å². The summed E-state index contributed by atoms with van der Waals surface area (Å²) in [5, 5.41) is 16.4. The van der Waals surface area contributed by atoms with Crippen molar-refractivity contribution in [3.8, 4) is 0 Å². The molecular weight excluding hydrogens is 276 g/mol. The SMILES string of the molecule is CCNc1ncc([N+](=O)[O-])cc1C(=O)NC(C)COCC. The predicted octanol–water partition coefficient (Wildman–Crippen LogP) is 1.58. The summed E-state index contributed by atoms with van der Waals surface area (Å²) in [4.78, 5) is 26.4. The smallest absolute Gasteiger partial charge is 0.288 e. The maximum Gasteiger partial charge on any atom is 0.288 e. The summed E-state index contributed by atoms with van der Waals surface area (Å²) in [6.45, 7) is 7.00. The second kappa shape index (κ2) is 8.15. The number of pyridine rings is 1. The first-order chi connectivity index (χ1) is 9.99.